The minimum absolute atomic E-state index is 0.507. The van der Waals surface area contributed by atoms with Crippen LogP contribution in [0.4, 0.5) is 10.8 Å². The predicted molar refractivity (Wildman–Crippen MR) is 92.0 cm³/mol. The summed E-state index contributed by atoms with van der Waals surface area (Å²) in [5.41, 5.74) is 8.00. The topological polar surface area (TPSA) is 63.8 Å². The number of anilines is 2. The zero-order chi connectivity index (χ0) is 15.0. The van der Waals surface area contributed by atoms with E-state index in [-0.39, 0.29) is 0 Å². The summed E-state index contributed by atoms with van der Waals surface area (Å²) in [4.78, 5) is 4.57. The molecule has 3 unspecified atom stereocenters. The molecule has 0 aliphatic heterocycles. The number of nitrogens with one attached hydrogen (secondary N) is 1. The standard InChI is InChI=1S/C15H22N4S2/c1-8-5-4-6-11(9(8)2)18-15-13(14(16)19-21-15)12-7-20-10(3)17-12/h7-9,11,18H,4-6H2,1-3H3,(H2,16,19). The van der Waals surface area contributed by atoms with Gasteiger partial charge in [-0.3, -0.25) is 0 Å². The minimum Gasteiger partial charge on any atom is -0.382 e. The number of aromatic nitrogens is 2. The van der Waals surface area contributed by atoms with Crippen LogP contribution in [0, 0.1) is 18.8 Å². The summed E-state index contributed by atoms with van der Waals surface area (Å²) in [5, 5.41) is 7.89. The Morgan fingerprint density at radius 2 is 2.14 bits per heavy atom. The molecule has 0 amide bonds. The summed E-state index contributed by atoms with van der Waals surface area (Å²) >= 11 is 3.11. The summed E-state index contributed by atoms with van der Waals surface area (Å²) in [6.07, 6.45) is 3.85. The van der Waals surface area contributed by atoms with Gasteiger partial charge in [-0.25, -0.2) is 4.98 Å². The van der Waals surface area contributed by atoms with Gasteiger partial charge in [0.2, 0.25) is 0 Å². The third-order valence-electron chi connectivity index (χ3n) is 4.62. The maximum Gasteiger partial charge on any atom is 0.148 e. The molecule has 6 heteroatoms. The second kappa shape index (κ2) is 5.93. The van der Waals surface area contributed by atoms with E-state index in [1.807, 2.05) is 6.92 Å². The van der Waals surface area contributed by atoms with E-state index in [9.17, 15) is 0 Å². The molecule has 3 N–H and O–H groups in total. The van der Waals surface area contributed by atoms with Crippen molar-refractivity contribution in [1.29, 1.82) is 0 Å². The normalized spacial score (nSPS) is 26.0. The highest BCUT2D eigenvalue weighted by Crippen LogP contribution is 2.40. The highest BCUT2D eigenvalue weighted by molar-refractivity contribution is 7.11. The molecule has 0 spiro atoms. The van der Waals surface area contributed by atoms with Crippen LogP contribution in [0.15, 0.2) is 5.38 Å². The Morgan fingerprint density at radius 1 is 1.33 bits per heavy atom. The SMILES string of the molecule is Cc1nc(-c2c(N)nsc2NC2CCCC(C)C2C)cs1. The van der Waals surface area contributed by atoms with Crippen LogP contribution < -0.4 is 11.1 Å². The van der Waals surface area contributed by atoms with Crippen molar-refractivity contribution in [2.75, 3.05) is 11.1 Å². The van der Waals surface area contributed by atoms with Crippen molar-refractivity contribution in [3.05, 3.63) is 10.4 Å². The van der Waals surface area contributed by atoms with Gasteiger partial charge in [0, 0.05) is 11.4 Å². The molecule has 0 radical (unpaired) electrons. The molecule has 2 aromatic rings. The highest BCUT2D eigenvalue weighted by atomic mass is 32.1. The number of hydrogen-bond acceptors (Lipinski definition) is 6. The van der Waals surface area contributed by atoms with E-state index >= 15 is 0 Å². The third-order valence-corrected chi connectivity index (χ3v) is 6.18. The fourth-order valence-corrected chi connectivity index (χ4v) is 4.47. The van der Waals surface area contributed by atoms with Crippen molar-refractivity contribution in [1.82, 2.24) is 9.36 Å². The van der Waals surface area contributed by atoms with Gasteiger partial charge in [0.15, 0.2) is 0 Å². The first kappa shape index (κ1) is 14.8. The second-order valence-corrected chi connectivity index (χ2v) is 7.88. The van der Waals surface area contributed by atoms with E-state index in [1.165, 1.54) is 30.8 Å². The van der Waals surface area contributed by atoms with Crippen LogP contribution in [0.5, 0.6) is 0 Å². The molecule has 1 saturated carbocycles. The maximum atomic E-state index is 6.07. The lowest BCUT2D eigenvalue weighted by atomic mass is 9.78. The summed E-state index contributed by atoms with van der Waals surface area (Å²) in [6.45, 7) is 6.71. The van der Waals surface area contributed by atoms with E-state index in [2.05, 4.69) is 33.9 Å². The summed E-state index contributed by atoms with van der Waals surface area (Å²) in [5.74, 6) is 2.03. The Morgan fingerprint density at radius 3 is 2.86 bits per heavy atom. The van der Waals surface area contributed by atoms with E-state index in [4.69, 9.17) is 5.73 Å². The first-order chi connectivity index (χ1) is 10.1. The van der Waals surface area contributed by atoms with Gasteiger partial charge in [0.25, 0.3) is 0 Å². The van der Waals surface area contributed by atoms with Crippen molar-refractivity contribution >= 4 is 33.7 Å². The highest BCUT2D eigenvalue weighted by Gasteiger charge is 2.28. The van der Waals surface area contributed by atoms with Gasteiger partial charge in [-0.15, -0.1) is 11.3 Å². The molecular formula is C15H22N4S2. The van der Waals surface area contributed by atoms with Crippen LogP contribution in [-0.4, -0.2) is 15.4 Å². The Hall–Kier alpha value is -1.14. The fraction of sp³-hybridized carbons (Fsp3) is 0.600. The molecule has 1 aliphatic rings. The molecule has 21 heavy (non-hydrogen) atoms. The number of nitrogen functional groups attached to an aromatic ring is 1. The number of aryl methyl sites for hydroxylation is 1. The molecule has 1 fully saturated rings. The lowest BCUT2D eigenvalue weighted by Gasteiger charge is -2.35. The zero-order valence-electron chi connectivity index (χ0n) is 12.7. The fourth-order valence-electron chi connectivity index (χ4n) is 3.08. The minimum atomic E-state index is 0.507. The molecular weight excluding hydrogens is 300 g/mol. The number of thiazole rings is 1. The first-order valence-electron chi connectivity index (χ1n) is 7.50. The van der Waals surface area contributed by atoms with Crippen LogP contribution in [0.2, 0.25) is 0 Å². The Labute approximate surface area is 134 Å². The predicted octanol–water partition coefficient (Wildman–Crippen LogP) is 4.39. The van der Waals surface area contributed by atoms with Crippen molar-refractivity contribution < 1.29 is 0 Å². The van der Waals surface area contributed by atoms with E-state index in [1.54, 1.807) is 11.3 Å². The molecule has 2 aromatic heterocycles. The summed E-state index contributed by atoms with van der Waals surface area (Å²) < 4.78 is 4.33. The lowest BCUT2D eigenvalue weighted by Crippen LogP contribution is -2.34. The maximum absolute atomic E-state index is 6.07. The second-order valence-electron chi connectivity index (χ2n) is 6.04. The average molecular weight is 323 g/mol. The molecule has 114 valence electrons. The molecule has 1 aliphatic carbocycles. The number of hydrogen-bond donors (Lipinski definition) is 2. The van der Waals surface area contributed by atoms with Crippen LogP contribution in [0.3, 0.4) is 0 Å². The van der Waals surface area contributed by atoms with E-state index < -0.39 is 0 Å². The summed E-state index contributed by atoms with van der Waals surface area (Å²) in [7, 11) is 0. The molecule has 2 heterocycles. The van der Waals surface area contributed by atoms with Crippen LogP contribution in [-0.2, 0) is 0 Å². The van der Waals surface area contributed by atoms with Gasteiger partial charge in [-0.05, 0) is 36.7 Å². The smallest absolute Gasteiger partial charge is 0.148 e. The molecule has 0 aromatic carbocycles. The van der Waals surface area contributed by atoms with Gasteiger partial charge in [0.1, 0.15) is 10.8 Å². The monoisotopic (exact) mass is 322 g/mol. The van der Waals surface area contributed by atoms with Gasteiger partial charge >= 0.3 is 0 Å². The van der Waals surface area contributed by atoms with Gasteiger partial charge in [-0.1, -0.05) is 26.7 Å². The Bertz CT molecular complexity index is 619. The van der Waals surface area contributed by atoms with E-state index in [0.717, 1.165) is 27.2 Å². The van der Waals surface area contributed by atoms with Crippen LogP contribution >= 0.6 is 22.9 Å². The Kier molecular flexibility index (Phi) is 4.17. The first-order valence-corrected chi connectivity index (χ1v) is 9.15. The molecule has 4 nitrogen and oxygen atoms in total. The van der Waals surface area contributed by atoms with E-state index in [0.29, 0.717) is 17.8 Å². The van der Waals surface area contributed by atoms with Gasteiger partial charge in [0.05, 0.1) is 16.3 Å². The average Bonchev–Trinajstić information content (AvgIpc) is 3.01. The molecule has 0 bridgehead atoms. The Balaban J connectivity index is 1.86. The van der Waals surface area contributed by atoms with Crippen molar-refractivity contribution in [2.45, 2.75) is 46.1 Å². The molecule has 0 saturated heterocycles. The quantitative estimate of drug-likeness (QED) is 0.879. The number of nitrogens with two attached hydrogens (primary N) is 1. The van der Waals surface area contributed by atoms with Crippen molar-refractivity contribution in [3.8, 4) is 11.3 Å². The summed E-state index contributed by atoms with van der Waals surface area (Å²) in [6, 6.07) is 0.507. The van der Waals surface area contributed by atoms with Crippen LogP contribution in [0.25, 0.3) is 11.3 Å². The van der Waals surface area contributed by atoms with Gasteiger partial charge < -0.3 is 11.1 Å². The van der Waals surface area contributed by atoms with Crippen molar-refractivity contribution in [3.63, 3.8) is 0 Å². The van der Waals surface area contributed by atoms with Crippen LogP contribution in [0.1, 0.15) is 38.1 Å². The number of nitrogens with zero attached hydrogens (tertiary/aromatic N) is 2. The van der Waals surface area contributed by atoms with Gasteiger partial charge in [-0.2, -0.15) is 4.37 Å². The lowest BCUT2D eigenvalue weighted by molar-refractivity contribution is 0.253. The number of rotatable bonds is 3. The molecule has 3 rings (SSSR count). The molecule has 3 atom stereocenters. The third kappa shape index (κ3) is 2.92. The van der Waals surface area contributed by atoms with Crippen molar-refractivity contribution in [2.24, 2.45) is 11.8 Å². The zero-order valence-corrected chi connectivity index (χ0v) is 14.4. The largest absolute Gasteiger partial charge is 0.382 e.